The standard InChI is InChI=1S/C12H20N2S/c1-2-6-13-11-5-7-14(9-11)10-12-4-3-8-15-12/h3-4,8,11,13H,2,5-7,9-10H2,1H3. The molecule has 1 saturated heterocycles. The van der Waals surface area contributed by atoms with Crippen molar-refractivity contribution in [1.29, 1.82) is 0 Å². The molecule has 3 heteroatoms. The average molecular weight is 224 g/mol. The van der Waals surface area contributed by atoms with Crippen LogP contribution in [-0.2, 0) is 6.54 Å². The molecule has 0 aromatic carbocycles. The van der Waals surface area contributed by atoms with Gasteiger partial charge in [-0.15, -0.1) is 11.3 Å². The van der Waals surface area contributed by atoms with Gasteiger partial charge in [0.1, 0.15) is 0 Å². The molecule has 0 saturated carbocycles. The molecular formula is C12H20N2S. The van der Waals surface area contributed by atoms with Gasteiger partial charge in [0.05, 0.1) is 0 Å². The van der Waals surface area contributed by atoms with E-state index in [4.69, 9.17) is 0 Å². The fourth-order valence-electron chi connectivity index (χ4n) is 2.11. The van der Waals surface area contributed by atoms with Crippen molar-refractivity contribution in [3.05, 3.63) is 22.4 Å². The minimum atomic E-state index is 0.727. The summed E-state index contributed by atoms with van der Waals surface area (Å²) in [4.78, 5) is 4.05. The Hall–Kier alpha value is -0.380. The second kappa shape index (κ2) is 5.64. The zero-order chi connectivity index (χ0) is 10.5. The van der Waals surface area contributed by atoms with Crippen LogP contribution in [0.2, 0.25) is 0 Å². The third-order valence-electron chi connectivity index (χ3n) is 2.91. The van der Waals surface area contributed by atoms with Crippen LogP contribution in [0.3, 0.4) is 0 Å². The van der Waals surface area contributed by atoms with Crippen LogP contribution in [0.25, 0.3) is 0 Å². The predicted octanol–water partition coefficient (Wildman–Crippen LogP) is 2.32. The molecule has 1 atom stereocenters. The van der Waals surface area contributed by atoms with E-state index in [0.717, 1.165) is 19.1 Å². The maximum Gasteiger partial charge on any atom is 0.0328 e. The molecule has 2 heterocycles. The normalized spacial score (nSPS) is 22.3. The molecule has 1 aliphatic heterocycles. The van der Waals surface area contributed by atoms with Gasteiger partial charge in [0.15, 0.2) is 0 Å². The van der Waals surface area contributed by atoms with Crippen LogP contribution in [0.4, 0.5) is 0 Å². The summed E-state index contributed by atoms with van der Waals surface area (Å²) in [5.74, 6) is 0. The number of thiophene rings is 1. The van der Waals surface area contributed by atoms with Crippen molar-refractivity contribution in [2.24, 2.45) is 0 Å². The van der Waals surface area contributed by atoms with Crippen LogP contribution in [-0.4, -0.2) is 30.6 Å². The van der Waals surface area contributed by atoms with E-state index in [1.807, 2.05) is 11.3 Å². The average Bonchev–Trinajstić information content (AvgIpc) is 2.87. The first-order valence-electron chi connectivity index (χ1n) is 5.86. The van der Waals surface area contributed by atoms with E-state index >= 15 is 0 Å². The number of rotatable bonds is 5. The highest BCUT2D eigenvalue weighted by atomic mass is 32.1. The van der Waals surface area contributed by atoms with E-state index < -0.39 is 0 Å². The molecule has 1 aliphatic rings. The number of hydrogen-bond acceptors (Lipinski definition) is 3. The molecule has 84 valence electrons. The Morgan fingerprint density at radius 1 is 1.60 bits per heavy atom. The molecule has 15 heavy (non-hydrogen) atoms. The van der Waals surface area contributed by atoms with Gasteiger partial charge in [-0.05, 0) is 30.8 Å². The summed E-state index contributed by atoms with van der Waals surface area (Å²) in [7, 11) is 0. The zero-order valence-corrected chi connectivity index (χ0v) is 10.2. The van der Waals surface area contributed by atoms with Gasteiger partial charge in [0, 0.05) is 30.6 Å². The summed E-state index contributed by atoms with van der Waals surface area (Å²) in [5.41, 5.74) is 0. The van der Waals surface area contributed by atoms with Crippen molar-refractivity contribution >= 4 is 11.3 Å². The van der Waals surface area contributed by atoms with Crippen LogP contribution in [0, 0.1) is 0 Å². The van der Waals surface area contributed by atoms with Gasteiger partial charge in [-0.1, -0.05) is 13.0 Å². The Labute approximate surface area is 96.3 Å². The number of likely N-dealkylation sites (tertiary alicyclic amines) is 1. The Morgan fingerprint density at radius 2 is 2.53 bits per heavy atom. The topological polar surface area (TPSA) is 15.3 Å². The Balaban J connectivity index is 1.73. The van der Waals surface area contributed by atoms with Crippen molar-refractivity contribution in [2.45, 2.75) is 32.4 Å². The maximum absolute atomic E-state index is 3.60. The van der Waals surface area contributed by atoms with E-state index in [0.29, 0.717) is 0 Å². The molecule has 1 aromatic rings. The summed E-state index contributed by atoms with van der Waals surface area (Å²) in [6, 6.07) is 5.10. The highest BCUT2D eigenvalue weighted by Crippen LogP contribution is 2.16. The summed E-state index contributed by atoms with van der Waals surface area (Å²) in [5, 5.41) is 5.77. The summed E-state index contributed by atoms with van der Waals surface area (Å²) >= 11 is 1.87. The molecule has 0 radical (unpaired) electrons. The van der Waals surface area contributed by atoms with E-state index in [9.17, 15) is 0 Å². The highest BCUT2D eigenvalue weighted by Gasteiger charge is 2.21. The van der Waals surface area contributed by atoms with Gasteiger partial charge in [0.25, 0.3) is 0 Å². The fraction of sp³-hybridized carbons (Fsp3) is 0.667. The van der Waals surface area contributed by atoms with Gasteiger partial charge >= 0.3 is 0 Å². The first-order chi connectivity index (χ1) is 7.38. The van der Waals surface area contributed by atoms with Crippen LogP contribution in [0.15, 0.2) is 17.5 Å². The van der Waals surface area contributed by atoms with Gasteiger partial charge in [-0.3, -0.25) is 4.90 Å². The minimum absolute atomic E-state index is 0.727. The SMILES string of the molecule is CCCNC1CCN(Cc2cccs2)C1. The Bertz CT molecular complexity index is 271. The van der Waals surface area contributed by atoms with Crippen LogP contribution >= 0.6 is 11.3 Å². The first kappa shape index (κ1) is 11.1. The molecule has 0 bridgehead atoms. The molecular weight excluding hydrogens is 204 g/mol. The maximum atomic E-state index is 3.60. The van der Waals surface area contributed by atoms with Crippen LogP contribution in [0.5, 0.6) is 0 Å². The summed E-state index contributed by atoms with van der Waals surface area (Å²) < 4.78 is 0. The van der Waals surface area contributed by atoms with Crippen molar-refractivity contribution in [3.63, 3.8) is 0 Å². The molecule has 0 aliphatic carbocycles. The van der Waals surface area contributed by atoms with Gasteiger partial charge in [-0.2, -0.15) is 0 Å². The monoisotopic (exact) mass is 224 g/mol. The largest absolute Gasteiger partial charge is 0.313 e. The minimum Gasteiger partial charge on any atom is -0.313 e. The lowest BCUT2D eigenvalue weighted by Crippen LogP contribution is -2.32. The Kier molecular flexibility index (Phi) is 4.18. The quantitative estimate of drug-likeness (QED) is 0.826. The Morgan fingerprint density at radius 3 is 3.27 bits per heavy atom. The number of nitrogens with zero attached hydrogens (tertiary/aromatic N) is 1. The molecule has 1 fully saturated rings. The lowest BCUT2D eigenvalue weighted by molar-refractivity contribution is 0.323. The van der Waals surface area contributed by atoms with Crippen molar-refractivity contribution in [1.82, 2.24) is 10.2 Å². The second-order valence-corrected chi connectivity index (χ2v) is 5.29. The fourth-order valence-corrected chi connectivity index (χ4v) is 2.86. The number of nitrogens with one attached hydrogen (secondary N) is 1. The molecule has 1 N–H and O–H groups in total. The van der Waals surface area contributed by atoms with E-state index in [1.165, 1.54) is 30.8 Å². The van der Waals surface area contributed by atoms with Crippen molar-refractivity contribution in [2.75, 3.05) is 19.6 Å². The van der Waals surface area contributed by atoms with Crippen LogP contribution in [0.1, 0.15) is 24.6 Å². The lowest BCUT2D eigenvalue weighted by Gasteiger charge is -2.15. The van der Waals surface area contributed by atoms with Gasteiger partial charge < -0.3 is 5.32 Å². The first-order valence-corrected chi connectivity index (χ1v) is 6.74. The third kappa shape index (κ3) is 3.30. The number of hydrogen-bond donors (Lipinski definition) is 1. The van der Waals surface area contributed by atoms with Gasteiger partial charge in [0.2, 0.25) is 0 Å². The van der Waals surface area contributed by atoms with E-state index in [2.05, 4.69) is 34.7 Å². The third-order valence-corrected chi connectivity index (χ3v) is 3.78. The predicted molar refractivity (Wildman–Crippen MR) is 66.3 cm³/mol. The molecule has 2 nitrogen and oxygen atoms in total. The molecule has 0 amide bonds. The molecule has 1 aromatic heterocycles. The summed E-state index contributed by atoms with van der Waals surface area (Å²) in [6.45, 7) is 7.00. The lowest BCUT2D eigenvalue weighted by atomic mass is 10.2. The van der Waals surface area contributed by atoms with Gasteiger partial charge in [-0.25, -0.2) is 0 Å². The van der Waals surface area contributed by atoms with Crippen molar-refractivity contribution < 1.29 is 0 Å². The zero-order valence-electron chi connectivity index (χ0n) is 9.41. The van der Waals surface area contributed by atoms with Crippen LogP contribution < -0.4 is 5.32 Å². The smallest absolute Gasteiger partial charge is 0.0328 e. The second-order valence-electron chi connectivity index (χ2n) is 4.25. The summed E-state index contributed by atoms with van der Waals surface area (Å²) in [6.07, 6.45) is 2.55. The van der Waals surface area contributed by atoms with E-state index in [-0.39, 0.29) is 0 Å². The van der Waals surface area contributed by atoms with Crippen molar-refractivity contribution in [3.8, 4) is 0 Å². The molecule has 1 unspecified atom stereocenters. The van der Waals surface area contributed by atoms with E-state index in [1.54, 1.807) is 0 Å². The highest BCUT2D eigenvalue weighted by molar-refractivity contribution is 7.09. The molecule has 0 spiro atoms. The molecule has 2 rings (SSSR count).